The van der Waals surface area contributed by atoms with Gasteiger partial charge in [0.05, 0.1) is 0 Å². The Hall–Kier alpha value is -0.570. The number of carboxylic acid groups (broad SMARTS) is 1. The normalized spacial score (nSPS) is 42.1. The number of ether oxygens (including phenoxy) is 1. The Kier molecular flexibility index (Phi) is 1.71. The van der Waals surface area contributed by atoms with E-state index in [4.69, 9.17) is 9.84 Å². The molecule has 64 valence electrons. The highest BCUT2D eigenvalue weighted by Gasteiger charge is 2.68. The van der Waals surface area contributed by atoms with Gasteiger partial charge in [0.1, 0.15) is 5.60 Å². The van der Waals surface area contributed by atoms with E-state index in [1.165, 1.54) is 0 Å². The van der Waals surface area contributed by atoms with Crippen molar-refractivity contribution in [1.82, 2.24) is 0 Å². The molecule has 3 nitrogen and oxygen atoms in total. The van der Waals surface area contributed by atoms with Gasteiger partial charge in [0, 0.05) is 0 Å². The van der Waals surface area contributed by atoms with Gasteiger partial charge >= 0.3 is 5.97 Å². The van der Waals surface area contributed by atoms with Gasteiger partial charge in [0.15, 0.2) is 5.60 Å². The molecular formula is C8H14O3. The van der Waals surface area contributed by atoms with Crippen LogP contribution < -0.4 is 0 Å². The standard InChI is InChI=1S/C8H14O3/c1-4-5-7(2)8(3,11-7)6(9)10/h4-5H2,1-3H3,(H,9,10). The minimum atomic E-state index is -0.928. The van der Waals surface area contributed by atoms with Crippen LogP contribution in [0.15, 0.2) is 0 Å². The molecule has 1 aliphatic rings. The number of aliphatic carboxylic acids is 1. The van der Waals surface area contributed by atoms with E-state index in [9.17, 15) is 4.79 Å². The molecule has 11 heavy (non-hydrogen) atoms. The second-order valence-corrected chi connectivity index (χ2v) is 3.42. The number of epoxide rings is 1. The summed E-state index contributed by atoms with van der Waals surface area (Å²) in [6.45, 7) is 5.50. The Morgan fingerprint density at radius 2 is 2.09 bits per heavy atom. The van der Waals surface area contributed by atoms with Crippen molar-refractivity contribution in [3.63, 3.8) is 0 Å². The Morgan fingerprint density at radius 3 is 2.36 bits per heavy atom. The Balaban J connectivity index is 2.63. The molecule has 0 aliphatic carbocycles. The number of hydrogen-bond acceptors (Lipinski definition) is 2. The second-order valence-electron chi connectivity index (χ2n) is 3.42. The molecule has 0 aromatic carbocycles. The fourth-order valence-electron chi connectivity index (χ4n) is 1.46. The van der Waals surface area contributed by atoms with Gasteiger partial charge in [-0.05, 0) is 20.3 Å². The lowest BCUT2D eigenvalue weighted by Crippen LogP contribution is -2.28. The molecular weight excluding hydrogens is 144 g/mol. The molecule has 2 unspecified atom stereocenters. The van der Waals surface area contributed by atoms with Gasteiger partial charge in [0.2, 0.25) is 0 Å². The summed E-state index contributed by atoms with van der Waals surface area (Å²) >= 11 is 0. The van der Waals surface area contributed by atoms with E-state index in [-0.39, 0.29) is 0 Å². The third-order valence-electron chi connectivity index (χ3n) is 2.53. The predicted molar refractivity (Wildman–Crippen MR) is 40.4 cm³/mol. The van der Waals surface area contributed by atoms with Crippen LogP contribution in [0.4, 0.5) is 0 Å². The van der Waals surface area contributed by atoms with E-state index in [1.807, 2.05) is 13.8 Å². The monoisotopic (exact) mass is 158 g/mol. The molecule has 1 aliphatic heterocycles. The number of rotatable bonds is 3. The maximum Gasteiger partial charge on any atom is 0.338 e. The first-order chi connectivity index (χ1) is 4.96. The van der Waals surface area contributed by atoms with E-state index in [2.05, 4.69) is 0 Å². The van der Waals surface area contributed by atoms with Gasteiger partial charge in [-0.15, -0.1) is 0 Å². The molecule has 0 aromatic heterocycles. The molecule has 1 heterocycles. The van der Waals surface area contributed by atoms with Crippen molar-refractivity contribution in [1.29, 1.82) is 0 Å². The third-order valence-corrected chi connectivity index (χ3v) is 2.53. The summed E-state index contributed by atoms with van der Waals surface area (Å²) in [5.41, 5.74) is -1.35. The summed E-state index contributed by atoms with van der Waals surface area (Å²) in [7, 11) is 0. The van der Waals surface area contributed by atoms with E-state index >= 15 is 0 Å². The van der Waals surface area contributed by atoms with Gasteiger partial charge in [0.25, 0.3) is 0 Å². The second kappa shape index (κ2) is 2.21. The van der Waals surface area contributed by atoms with Gasteiger partial charge in [-0.25, -0.2) is 4.79 Å². The summed E-state index contributed by atoms with van der Waals surface area (Å²) < 4.78 is 5.19. The highest BCUT2D eigenvalue weighted by Crippen LogP contribution is 2.50. The van der Waals surface area contributed by atoms with Crippen LogP contribution in [0.5, 0.6) is 0 Å². The Bertz CT molecular complexity index is 190. The molecule has 2 atom stereocenters. The minimum Gasteiger partial charge on any atom is -0.479 e. The molecule has 1 N–H and O–H groups in total. The van der Waals surface area contributed by atoms with Gasteiger partial charge in [-0.2, -0.15) is 0 Å². The number of carboxylic acids is 1. The minimum absolute atomic E-state index is 0.423. The van der Waals surface area contributed by atoms with Crippen LogP contribution in [-0.4, -0.2) is 22.3 Å². The summed E-state index contributed by atoms with van der Waals surface area (Å²) in [6, 6.07) is 0. The van der Waals surface area contributed by atoms with E-state index < -0.39 is 17.2 Å². The molecule has 1 saturated heterocycles. The fraction of sp³-hybridized carbons (Fsp3) is 0.875. The van der Waals surface area contributed by atoms with Crippen LogP contribution >= 0.6 is 0 Å². The van der Waals surface area contributed by atoms with Crippen molar-refractivity contribution in [3.8, 4) is 0 Å². The molecule has 1 fully saturated rings. The van der Waals surface area contributed by atoms with Crippen LogP contribution in [0, 0.1) is 0 Å². The Morgan fingerprint density at radius 1 is 1.55 bits per heavy atom. The summed E-state index contributed by atoms with van der Waals surface area (Å²) in [4.78, 5) is 10.6. The van der Waals surface area contributed by atoms with Gasteiger partial charge in [-0.1, -0.05) is 13.3 Å². The zero-order valence-electron chi connectivity index (χ0n) is 7.18. The van der Waals surface area contributed by atoms with Crippen LogP contribution in [0.3, 0.4) is 0 Å². The van der Waals surface area contributed by atoms with Crippen molar-refractivity contribution >= 4 is 5.97 Å². The summed E-state index contributed by atoms with van der Waals surface area (Å²) in [5.74, 6) is -0.853. The summed E-state index contributed by atoms with van der Waals surface area (Å²) in [6.07, 6.45) is 1.77. The molecule has 0 radical (unpaired) electrons. The average molecular weight is 158 g/mol. The van der Waals surface area contributed by atoms with Crippen molar-refractivity contribution in [3.05, 3.63) is 0 Å². The maximum absolute atomic E-state index is 10.6. The quantitative estimate of drug-likeness (QED) is 0.632. The lowest BCUT2D eigenvalue weighted by molar-refractivity contribution is -0.142. The van der Waals surface area contributed by atoms with Crippen LogP contribution in [0.2, 0.25) is 0 Å². The van der Waals surface area contributed by atoms with E-state index in [0.717, 1.165) is 12.8 Å². The summed E-state index contributed by atoms with van der Waals surface area (Å²) in [5, 5.41) is 8.75. The lowest BCUT2D eigenvalue weighted by atomic mass is 9.92. The van der Waals surface area contributed by atoms with Crippen molar-refractivity contribution < 1.29 is 14.6 Å². The molecule has 0 saturated carbocycles. The van der Waals surface area contributed by atoms with Crippen molar-refractivity contribution in [2.75, 3.05) is 0 Å². The molecule has 3 heteroatoms. The highest BCUT2D eigenvalue weighted by atomic mass is 16.6. The zero-order chi connectivity index (χ0) is 8.70. The van der Waals surface area contributed by atoms with Crippen LogP contribution in [0.1, 0.15) is 33.6 Å². The SMILES string of the molecule is CCCC1(C)OC1(C)C(=O)O. The molecule has 0 aromatic rings. The molecule has 0 spiro atoms. The smallest absolute Gasteiger partial charge is 0.338 e. The maximum atomic E-state index is 10.6. The third kappa shape index (κ3) is 1.03. The molecule has 1 rings (SSSR count). The first-order valence-electron chi connectivity index (χ1n) is 3.90. The fourth-order valence-corrected chi connectivity index (χ4v) is 1.46. The van der Waals surface area contributed by atoms with Gasteiger partial charge in [-0.3, -0.25) is 0 Å². The number of carbonyl (C=O) groups is 1. The topological polar surface area (TPSA) is 49.8 Å². The first kappa shape index (κ1) is 8.53. The Labute approximate surface area is 66.4 Å². The van der Waals surface area contributed by atoms with Crippen LogP contribution in [-0.2, 0) is 9.53 Å². The highest BCUT2D eigenvalue weighted by molar-refractivity contribution is 5.82. The van der Waals surface area contributed by atoms with Crippen molar-refractivity contribution in [2.45, 2.75) is 44.8 Å². The average Bonchev–Trinajstić information content (AvgIpc) is 2.38. The van der Waals surface area contributed by atoms with Gasteiger partial charge < -0.3 is 9.84 Å². The lowest BCUT2D eigenvalue weighted by Gasteiger charge is -2.05. The van der Waals surface area contributed by atoms with Crippen LogP contribution in [0.25, 0.3) is 0 Å². The first-order valence-corrected chi connectivity index (χ1v) is 3.90. The van der Waals surface area contributed by atoms with Crippen molar-refractivity contribution in [2.24, 2.45) is 0 Å². The largest absolute Gasteiger partial charge is 0.479 e. The predicted octanol–water partition coefficient (Wildman–Crippen LogP) is 1.42. The molecule has 0 amide bonds. The van der Waals surface area contributed by atoms with E-state index in [1.54, 1.807) is 6.92 Å². The molecule has 0 bridgehead atoms. The number of hydrogen-bond donors (Lipinski definition) is 1. The van der Waals surface area contributed by atoms with E-state index in [0.29, 0.717) is 0 Å². The zero-order valence-corrected chi connectivity index (χ0v) is 7.18.